The first-order valence-electron chi connectivity index (χ1n) is 15.8. The van der Waals surface area contributed by atoms with Crippen LogP contribution in [0.15, 0.2) is 48.0 Å². The van der Waals surface area contributed by atoms with E-state index in [1.54, 1.807) is 29.9 Å². The fourth-order valence-electron chi connectivity index (χ4n) is 6.64. The molecule has 4 heterocycles. The fourth-order valence-corrected chi connectivity index (χ4v) is 7.26. The summed E-state index contributed by atoms with van der Waals surface area (Å²) in [4.78, 5) is 48.8. The number of nitrogens with two attached hydrogens (primary N) is 1. The summed E-state index contributed by atoms with van der Waals surface area (Å²) in [5.74, 6) is -0.0597. The lowest BCUT2D eigenvalue weighted by Crippen LogP contribution is -2.49. The third-order valence-electron chi connectivity index (χ3n) is 9.26. The number of ketones is 1. The van der Waals surface area contributed by atoms with Gasteiger partial charge in [0.15, 0.2) is 5.78 Å². The number of carbonyl (C=O) groups is 3. The van der Waals surface area contributed by atoms with Crippen molar-refractivity contribution in [1.29, 1.82) is 0 Å². The number of allylic oxidation sites excluding steroid dienone is 2. The van der Waals surface area contributed by atoms with Gasteiger partial charge in [-0.15, -0.1) is 16.4 Å². The number of amides is 1. The number of rotatable bonds is 6. The Balaban J connectivity index is 1.33. The molecule has 2 aromatic heterocycles. The molecule has 5 atom stereocenters. The maximum absolute atomic E-state index is 14.1. The van der Waals surface area contributed by atoms with Crippen LogP contribution in [0, 0.1) is 11.3 Å². The van der Waals surface area contributed by atoms with Crippen LogP contribution in [-0.2, 0) is 19.1 Å². The summed E-state index contributed by atoms with van der Waals surface area (Å²) in [6.45, 7) is 2.27. The third kappa shape index (κ3) is 6.30. The quantitative estimate of drug-likeness (QED) is 0.305. The molecule has 2 N–H and O–H groups in total. The van der Waals surface area contributed by atoms with Gasteiger partial charge in [0, 0.05) is 36.5 Å². The van der Waals surface area contributed by atoms with Crippen LogP contribution in [0.5, 0.6) is 5.75 Å². The molecule has 1 saturated heterocycles. The minimum absolute atomic E-state index is 0.0191. The second-order valence-corrected chi connectivity index (χ2v) is 13.1. The molecular formula is C33H40N6O5S. The second-order valence-electron chi connectivity index (χ2n) is 12.2. The van der Waals surface area contributed by atoms with E-state index in [4.69, 9.17) is 25.4 Å². The third-order valence-corrected chi connectivity index (χ3v) is 10.0. The van der Waals surface area contributed by atoms with Gasteiger partial charge in [0.2, 0.25) is 5.91 Å². The van der Waals surface area contributed by atoms with Gasteiger partial charge in [-0.25, -0.2) is 4.98 Å². The Kier molecular flexibility index (Phi) is 9.14. The van der Waals surface area contributed by atoms with Crippen molar-refractivity contribution in [3.63, 3.8) is 0 Å². The van der Waals surface area contributed by atoms with E-state index in [9.17, 15) is 14.4 Å². The van der Waals surface area contributed by atoms with Gasteiger partial charge >= 0.3 is 5.97 Å². The fraction of sp³-hybridized carbons (Fsp3) is 0.515. The molecule has 11 nitrogen and oxygen atoms in total. The lowest BCUT2D eigenvalue weighted by Gasteiger charge is -2.27. The average molecular weight is 633 g/mol. The number of ether oxygens (including phenoxy) is 2. The minimum atomic E-state index is -0.887. The standard InChI is InChI=1S/C33H40N6O5S/c1-3-44-32(42)33-18-22(33)9-7-5-4-6-8-10-25(34)31(41)38-20-23(17-26(38)27(40)19-33)39-36-28(21-11-13-24(43-2)14-12-21)29(37-39)30-35-15-16-45-30/h7,9,11-16,22-23,25-26H,3-6,8,10,17-20,34H2,1-2H3/b9-7-/t22-,23-,25+,26+,33-/m1/s1. The first kappa shape index (κ1) is 31.1. The normalized spacial score (nSPS) is 28.0. The molecule has 0 spiro atoms. The molecule has 3 aromatic rings. The van der Waals surface area contributed by atoms with Crippen molar-refractivity contribution in [3.05, 3.63) is 48.0 Å². The number of nitrogens with zero attached hydrogens (tertiary/aromatic N) is 5. The molecule has 1 amide bonds. The highest BCUT2D eigenvalue weighted by Crippen LogP contribution is 2.57. The zero-order chi connectivity index (χ0) is 31.6. The number of Topliss-reactive ketones (excluding diaryl/α,β-unsaturated/α-hetero) is 1. The van der Waals surface area contributed by atoms with Crippen molar-refractivity contribution in [2.24, 2.45) is 17.1 Å². The number of thiazole rings is 1. The van der Waals surface area contributed by atoms with Gasteiger partial charge in [0.25, 0.3) is 0 Å². The number of fused-ring (bicyclic) bond motifs is 2. The molecule has 2 aliphatic heterocycles. The van der Waals surface area contributed by atoms with E-state index in [-0.39, 0.29) is 49.2 Å². The Labute approximate surface area is 266 Å². The number of hydrogen-bond donors (Lipinski definition) is 1. The zero-order valence-corrected chi connectivity index (χ0v) is 26.6. The van der Waals surface area contributed by atoms with Crippen LogP contribution in [0.1, 0.15) is 64.3 Å². The molecule has 0 bridgehead atoms. The first-order chi connectivity index (χ1) is 21.8. The Hall–Kier alpha value is -3.90. The highest BCUT2D eigenvalue weighted by atomic mass is 32.1. The van der Waals surface area contributed by atoms with E-state index in [0.29, 0.717) is 30.7 Å². The van der Waals surface area contributed by atoms with E-state index in [1.807, 2.05) is 29.6 Å². The van der Waals surface area contributed by atoms with Crippen molar-refractivity contribution in [3.8, 4) is 27.7 Å². The average Bonchev–Trinajstić information content (AvgIpc) is 3.51. The molecule has 6 rings (SSSR count). The van der Waals surface area contributed by atoms with Gasteiger partial charge in [-0.2, -0.15) is 9.90 Å². The summed E-state index contributed by atoms with van der Waals surface area (Å²) >= 11 is 1.46. The number of carbonyl (C=O) groups excluding carboxylic acids is 3. The number of hydrogen-bond acceptors (Lipinski definition) is 10. The van der Waals surface area contributed by atoms with Crippen LogP contribution < -0.4 is 10.5 Å². The van der Waals surface area contributed by atoms with Gasteiger partial charge in [-0.1, -0.05) is 25.0 Å². The van der Waals surface area contributed by atoms with E-state index in [2.05, 4.69) is 17.1 Å². The maximum atomic E-state index is 14.1. The van der Waals surface area contributed by atoms with Crippen molar-refractivity contribution in [2.45, 2.75) is 76.4 Å². The van der Waals surface area contributed by atoms with Gasteiger partial charge in [0.05, 0.1) is 37.3 Å². The van der Waals surface area contributed by atoms with Crippen LogP contribution >= 0.6 is 11.3 Å². The largest absolute Gasteiger partial charge is 0.497 e. The molecule has 0 unspecified atom stereocenters. The molecule has 12 heteroatoms. The Morgan fingerprint density at radius 1 is 1.13 bits per heavy atom. The van der Waals surface area contributed by atoms with Crippen LogP contribution in [0.2, 0.25) is 0 Å². The molecule has 1 aliphatic carbocycles. The van der Waals surface area contributed by atoms with Crippen LogP contribution in [-0.4, -0.2) is 74.9 Å². The van der Waals surface area contributed by atoms with Crippen molar-refractivity contribution < 1.29 is 23.9 Å². The maximum Gasteiger partial charge on any atom is 0.313 e. The molecule has 0 radical (unpaired) electrons. The highest BCUT2D eigenvalue weighted by molar-refractivity contribution is 7.13. The van der Waals surface area contributed by atoms with Crippen molar-refractivity contribution in [2.75, 3.05) is 20.3 Å². The summed E-state index contributed by atoms with van der Waals surface area (Å²) in [5.41, 5.74) is 7.68. The summed E-state index contributed by atoms with van der Waals surface area (Å²) in [6, 6.07) is 5.75. The van der Waals surface area contributed by atoms with Crippen LogP contribution in [0.3, 0.4) is 0 Å². The van der Waals surface area contributed by atoms with Gasteiger partial charge in [-0.3, -0.25) is 14.4 Å². The minimum Gasteiger partial charge on any atom is -0.497 e. The predicted molar refractivity (Wildman–Crippen MR) is 169 cm³/mol. The van der Waals surface area contributed by atoms with E-state index in [0.717, 1.165) is 42.0 Å². The summed E-state index contributed by atoms with van der Waals surface area (Å²) in [6.07, 6.45) is 11.0. The monoisotopic (exact) mass is 632 g/mol. The number of benzene rings is 1. The SMILES string of the molecule is CCOC(=O)[C@]12CC(=O)[C@@H]3C[C@@H](n4nc(-c5ccc(OC)cc5)c(-c5nccs5)n4)CN3C(=O)[C@@H](N)CCCCC/C=C\[C@@H]1C2. The lowest BCUT2D eigenvalue weighted by atomic mass is 9.91. The van der Waals surface area contributed by atoms with Crippen molar-refractivity contribution >= 4 is 29.0 Å². The molecule has 2 fully saturated rings. The van der Waals surface area contributed by atoms with E-state index >= 15 is 0 Å². The molecular weight excluding hydrogens is 592 g/mol. The molecule has 1 aromatic carbocycles. The predicted octanol–water partition coefficient (Wildman–Crippen LogP) is 4.60. The number of methoxy groups -OCH3 is 1. The zero-order valence-electron chi connectivity index (χ0n) is 25.8. The van der Waals surface area contributed by atoms with Gasteiger partial charge in [-0.05, 0) is 62.8 Å². The molecule has 1 saturated carbocycles. The molecule has 238 valence electrons. The smallest absolute Gasteiger partial charge is 0.313 e. The number of esters is 1. The van der Waals surface area contributed by atoms with Gasteiger partial charge in [0.1, 0.15) is 22.1 Å². The van der Waals surface area contributed by atoms with Crippen LogP contribution in [0.25, 0.3) is 22.0 Å². The van der Waals surface area contributed by atoms with Crippen LogP contribution in [0.4, 0.5) is 0 Å². The topological polar surface area (TPSA) is 143 Å². The number of aromatic nitrogens is 4. The molecule has 45 heavy (non-hydrogen) atoms. The van der Waals surface area contributed by atoms with Gasteiger partial charge < -0.3 is 20.1 Å². The Bertz CT molecular complexity index is 1550. The first-order valence-corrected chi connectivity index (χ1v) is 16.7. The highest BCUT2D eigenvalue weighted by Gasteiger charge is 2.61. The Morgan fingerprint density at radius 3 is 2.67 bits per heavy atom. The van der Waals surface area contributed by atoms with E-state index in [1.165, 1.54) is 11.3 Å². The summed E-state index contributed by atoms with van der Waals surface area (Å²) < 4.78 is 10.8. The van der Waals surface area contributed by atoms with E-state index < -0.39 is 17.5 Å². The lowest BCUT2D eigenvalue weighted by molar-refractivity contribution is -0.152. The summed E-state index contributed by atoms with van der Waals surface area (Å²) in [5, 5.41) is 12.4. The Morgan fingerprint density at radius 2 is 1.93 bits per heavy atom. The molecule has 3 aliphatic rings. The van der Waals surface area contributed by atoms with Crippen molar-refractivity contribution in [1.82, 2.24) is 24.9 Å². The summed E-state index contributed by atoms with van der Waals surface area (Å²) in [7, 11) is 1.62. The second kappa shape index (κ2) is 13.2.